The summed E-state index contributed by atoms with van der Waals surface area (Å²) in [4.78, 5) is 30.0. The van der Waals surface area contributed by atoms with E-state index in [2.05, 4.69) is 5.32 Å². The van der Waals surface area contributed by atoms with Crippen LogP contribution in [-0.2, 0) is 26.2 Å². The van der Waals surface area contributed by atoms with Crippen LogP contribution in [0.2, 0.25) is 0 Å². The number of methoxy groups -OCH3 is 1. The fourth-order valence-corrected chi connectivity index (χ4v) is 6.21. The Bertz CT molecular complexity index is 1420. The second-order valence-corrected chi connectivity index (χ2v) is 13.2. The first-order valence-corrected chi connectivity index (χ1v) is 16.6. The van der Waals surface area contributed by atoms with Gasteiger partial charge in [0.1, 0.15) is 18.3 Å². The van der Waals surface area contributed by atoms with Crippen LogP contribution in [0.25, 0.3) is 0 Å². The largest absolute Gasteiger partial charge is 0.497 e. The number of carbonyl (C=O) groups is 2. The SMILES string of the molecule is CCC(C(=O)NCC(C)C)N(Cc1ccc(OC)cc1)C(=O)CN(c1ccc(C)cc1)S(=O)(=O)c1ccc(SC)cc1. The minimum atomic E-state index is -4.12. The van der Waals surface area contributed by atoms with Gasteiger partial charge in [0.25, 0.3) is 10.0 Å². The maximum absolute atomic E-state index is 14.2. The zero-order valence-corrected chi connectivity index (χ0v) is 26.8. The van der Waals surface area contributed by atoms with Gasteiger partial charge in [-0.1, -0.05) is 50.6 Å². The predicted octanol–water partition coefficient (Wildman–Crippen LogP) is 5.50. The first kappa shape index (κ1) is 33.0. The maximum Gasteiger partial charge on any atom is 0.264 e. The Balaban J connectivity index is 2.04. The van der Waals surface area contributed by atoms with Gasteiger partial charge < -0.3 is 15.0 Å². The molecule has 0 fully saturated rings. The van der Waals surface area contributed by atoms with Gasteiger partial charge in [-0.05, 0) is 79.6 Å². The summed E-state index contributed by atoms with van der Waals surface area (Å²) in [6.07, 6.45) is 2.28. The average Bonchev–Trinajstić information content (AvgIpc) is 2.99. The average molecular weight is 612 g/mol. The van der Waals surface area contributed by atoms with E-state index in [4.69, 9.17) is 4.74 Å². The molecule has 0 heterocycles. The number of benzene rings is 3. The van der Waals surface area contributed by atoms with Crippen LogP contribution in [0.3, 0.4) is 0 Å². The standard InChI is InChI=1S/C32H41N3O5S2/c1-7-30(32(37)33-20-23(2)3)34(21-25-10-14-27(40-5)15-11-25)31(36)22-35(26-12-8-24(4)9-13-26)42(38,39)29-18-16-28(41-6)17-19-29/h8-19,23,30H,7,20-22H2,1-6H3,(H,33,37). The Kier molecular flexibility index (Phi) is 11.9. The lowest BCUT2D eigenvalue weighted by Crippen LogP contribution is -2.52. The van der Waals surface area contributed by atoms with Gasteiger partial charge in [0.15, 0.2) is 0 Å². The van der Waals surface area contributed by atoms with Crippen molar-refractivity contribution in [1.29, 1.82) is 0 Å². The van der Waals surface area contributed by atoms with Crippen molar-refractivity contribution in [3.05, 3.63) is 83.9 Å². The molecule has 0 saturated carbocycles. The molecule has 42 heavy (non-hydrogen) atoms. The van der Waals surface area contributed by atoms with Crippen molar-refractivity contribution in [2.24, 2.45) is 5.92 Å². The lowest BCUT2D eigenvalue weighted by atomic mass is 10.1. The highest BCUT2D eigenvalue weighted by atomic mass is 32.2. The second-order valence-electron chi connectivity index (χ2n) is 10.5. The molecule has 226 valence electrons. The van der Waals surface area contributed by atoms with E-state index < -0.39 is 28.5 Å². The van der Waals surface area contributed by atoms with Crippen molar-refractivity contribution >= 4 is 39.3 Å². The fraction of sp³-hybridized carbons (Fsp3) is 0.375. The molecular formula is C32H41N3O5S2. The molecule has 1 atom stereocenters. The highest BCUT2D eigenvalue weighted by molar-refractivity contribution is 7.98. The number of rotatable bonds is 14. The number of thioether (sulfide) groups is 1. The number of ether oxygens (including phenoxy) is 1. The number of hydrogen-bond acceptors (Lipinski definition) is 6. The van der Waals surface area contributed by atoms with Crippen molar-refractivity contribution in [3.8, 4) is 5.75 Å². The van der Waals surface area contributed by atoms with Crippen molar-refractivity contribution in [2.75, 3.05) is 30.8 Å². The van der Waals surface area contributed by atoms with Gasteiger partial charge in [-0.25, -0.2) is 8.42 Å². The number of hydrogen-bond donors (Lipinski definition) is 1. The van der Waals surface area contributed by atoms with E-state index in [-0.39, 0.29) is 23.3 Å². The zero-order chi connectivity index (χ0) is 30.9. The number of nitrogens with one attached hydrogen (secondary N) is 1. The second kappa shape index (κ2) is 15.1. The monoisotopic (exact) mass is 611 g/mol. The molecule has 0 aliphatic heterocycles. The van der Waals surface area contributed by atoms with E-state index in [0.717, 1.165) is 20.3 Å². The van der Waals surface area contributed by atoms with Gasteiger partial charge in [-0.2, -0.15) is 0 Å². The number of sulfonamides is 1. The third kappa shape index (κ3) is 8.51. The van der Waals surface area contributed by atoms with Crippen LogP contribution >= 0.6 is 11.8 Å². The smallest absolute Gasteiger partial charge is 0.264 e. The third-order valence-corrected chi connectivity index (χ3v) is 9.36. The third-order valence-electron chi connectivity index (χ3n) is 6.83. The van der Waals surface area contributed by atoms with Gasteiger partial charge in [-0.15, -0.1) is 11.8 Å². The van der Waals surface area contributed by atoms with Crippen molar-refractivity contribution < 1.29 is 22.7 Å². The van der Waals surface area contributed by atoms with E-state index in [0.29, 0.717) is 24.4 Å². The molecule has 0 aliphatic rings. The number of anilines is 1. The highest BCUT2D eigenvalue weighted by Gasteiger charge is 2.33. The van der Waals surface area contributed by atoms with Crippen LogP contribution in [0.1, 0.15) is 38.3 Å². The molecule has 0 aromatic heterocycles. The number of carbonyl (C=O) groups excluding carboxylic acids is 2. The first-order chi connectivity index (χ1) is 20.0. The number of nitrogens with zero attached hydrogens (tertiary/aromatic N) is 2. The van der Waals surface area contributed by atoms with Crippen LogP contribution < -0.4 is 14.4 Å². The summed E-state index contributed by atoms with van der Waals surface area (Å²) in [6.45, 7) is 7.87. The summed E-state index contributed by atoms with van der Waals surface area (Å²) in [5.74, 6) is 0.145. The molecule has 0 radical (unpaired) electrons. The fourth-order valence-electron chi connectivity index (χ4n) is 4.38. The Morgan fingerprint density at radius 3 is 2.10 bits per heavy atom. The van der Waals surface area contributed by atoms with E-state index in [1.54, 1.807) is 55.6 Å². The summed E-state index contributed by atoms with van der Waals surface area (Å²) in [7, 11) is -2.54. The quantitative estimate of drug-likeness (QED) is 0.242. The van der Waals surface area contributed by atoms with Gasteiger partial charge in [-0.3, -0.25) is 13.9 Å². The number of amides is 2. The van der Waals surface area contributed by atoms with E-state index in [9.17, 15) is 18.0 Å². The van der Waals surface area contributed by atoms with Gasteiger partial charge in [0.2, 0.25) is 11.8 Å². The molecular weight excluding hydrogens is 571 g/mol. The van der Waals surface area contributed by atoms with E-state index in [1.807, 2.05) is 58.2 Å². The molecule has 1 unspecified atom stereocenters. The van der Waals surface area contributed by atoms with Crippen LogP contribution in [0.5, 0.6) is 5.75 Å². The molecule has 0 bridgehead atoms. The van der Waals surface area contributed by atoms with Crippen molar-refractivity contribution in [3.63, 3.8) is 0 Å². The lowest BCUT2D eigenvalue weighted by Gasteiger charge is -2.33. The summed E-state index contributed by atoms with van der Waals surface area (Å²) in [5.41, 5.74) is 2.11. The van der Waals surface area contributed by atoms with Crippen molar-refractivity contribution in [1.82, 2.24) is 10.2 Å². The summed E-state index contributed by atoms with van der Waals surface area (Å²) >= 11 is 1.51. The molecule has 3 rings (SSSR count). The normalized spacial score (nSPS) is 12.1. The van der Waals surface area contributed by atoms with Crippen LogP contribution in [0.4, 0.5) is 5.69 Å². The van der Waals surface area contributed by atoms with Crippen LogP contribution in [-0.4, -0.2) is 57.6 Å². The maximum atomic E-state index is 14.2. The molecule has 10 heteroatoms. The summed E-state index contributed by atoms with van der Waals surface area (Å²) in [5, 5.41) is 2.94. The Labute approximate surface area is 254 Å². The summed E-state index contributed by atoms with van der Waals surface area (Å²) in [6, 6.07) is 20.0. The minimum absolute atomic E-state index is 0.0806. The molecule has 0 spiro atoms. The molecule has 8 nitrogen and oxygen atoms in total. The Hall–Kier alpha value is -3.50. The molecule has 0 aliphatic carbocycles. The van der Waals surface area contributed by atoms with Gasteiger partial charge in [0.05, 0.1) is 17.7 Å². The highest BCUT2D eigenvalue weighted by Crippen LogP contribution is 2.27. The molecule has 3 aromatic carbocycles. The molecule has 2 amide bonds. The van der Waals surface area contributed by atoms with Gasteiger partial charge >= 0.3 is 0 Å². The van der Waals surface area contributed by atoms with E-state index in [1.165, 1.54) is 16.7 Å². The predicted molar refractivity (Wildman–Crippen MR) is 169 cm³/mol. The lowest BCUT2D eigenvalue weighted by molar-refractivity contribution is -0.140. The minimum Gasteiger partial charge on any atom is -0.497 e. The Morgan fingerprint density at radius 1 is 0.952 bits per heavy atom. The van der Waals surface area contributed by atoms with Crippen LogP contribution in [0.15, 0.2) is 82.6 Å². The van der Waals surface area contributed by atoms with E-state index >= 15 is 0 Å². The van der Waals surface area contributed by atoms with Crippen LogP contribution in [0, 0.1) is 12.8 Å². The Morgan fingerprint density at radius 2 is 1.57 bits per heavy atom. The van der Waals surface area contributed by atoms with Gasteiger partial charge in [0, 0.05) is 18.0 Å². The summed E-state index contributed by atoms with van der Waals surface area (Å²) < 4.78 is 34.4. The first-order valence-electron chi connectivity index (χ1n) is 13.9. The molecule has 0 saturated heterocycles. The number of aryl methyl sites for hydroxylation is 1. The molecule has 1 N–H and O–H groups in total. The molecule has 3 aromatic rings. The zero-order valence-electron chi connectivity index (χ0n) is 25.2. The topological polar surface area (TPSA) is 96.0 Å². The van der Waals surface area contributed by atoms with Crippen molar-refractivity contribution in [2.45, 2.75) is 56.5 Å².